The Morgan fingerprint density at radius 3 is 2.94 bits per heavy atom. The lowest BCUT2D eigenvalue weighted by Gasteiger charge is -2.08. The predicted octanol–water partition coefficient (Wildman–Crippen LogP) is 1.85. The fraction of sp³-hybridized carbons (Fsp3) is 0.182. The molecule has 0 amide bonds. The number of hydrogen-bond acceptors (Lipinski definition) is 4. The van der Waals surface area contributed by atoms with Crippen LogP contribution in [0.25, 0.3) is 0 Å². The Morgan fingerprint density at radius 1 is 1.56 bits per heavy atom. The van der Waals surface area contributed by atoms with E-state index in [4.69, 9.17) is 9.84 Å². The zero-order valence-corrected chi connectivity index (χ0v) is 11.1. The molecule has 6 nitrogen and oxygen atoms in total. The van der Waals surface area contributed by atoms with Crippen molar-refractivity contribution in [2.45, 2.75) is 6.61 Å². The van der Waals surface area contributed by atoms with Gasteiger partial charge in [-0.25, -0.2) is 4.79 Å². The Balaban J connectivity index is 2.19. The number of carboxylic acids is 1. The average molecular weight is 312 g/mol. The molecule has 1 heterocycles. The Labute approximate surface area is 111 Å². The first kappa shape index (κ1) is 12.6. The van der Waals surface area contributed by atoms with Crippen LogP contribution in [0.1, 0.15) is 16.2 Å². The fourth-order valence-electron chi connectivity index (χ4n) is 1.38. The zero-order valence-electron chi connectivity index (χ0n) is 9.50. The van der Waals surface area contributed by atoms with Gasteiger partial charge in [-0.15, -0.1) is 10.2 Å². The number of halogens is 1. The van der Waals surface area contributed by atoms with Crippen molar-refractivity contribution in [1.29, 1.82) is 0 Å². The van der Waals surface area contributed by atoms with E-state index in [1.807, 2.05) is 0 Å². The van der Waals surface area contributed by atoms with Gasteiger partial charge in [-0.2, -0.15) is 0 Å². The number of rotatable bonds is 4. The summed E-state index contributed by atoms with van der Waals surface area (Å²) in [5, 5.41) is 16.6. The summed E-state index contributed by atoms with van der Waals surface area (Å²) in [6.45, 7) is 0.165. The van der Waals surface area contributed by atoms with Crippen LogP contribution in [0.15, 0.2) is 29.0 Å². The largest absolute Gasteiger partial charge is 0.485 e. The molecule has 0 atom stereocenters. The molecule has 18 heavy (non-hydrogen) atoms. The minimum atomic E-state index is -1.04. The number of benzene rings is 1. The Kier molecular flexibility index (Phi) is 3.61. The van der Waals surface area contributed by atoms with E-state index in [1.165, 1.54) is 6.07 Å². The highest BCUT2D eigenvalue weighted by Crippen LogP contribution is 2.23. The minimum absolute atomic E-state index is 0.103. The normalized spacial score (nSPS) is 10.3. The maximum absolute atomic E-state index is 11.1. The van der Waals surface area contributed by atoms with Crippen molar-refractivity contribution in [2.24, 2.45) is 7.05 Å². The van der Waals surface area contributed by atoms with Crippen molar-refractivity contribution in [3.05, 3.63) is 40.4 Å². The lowest BCUT2D eigenvalue weighted by atomic mass is 10.2. The van der Waals surface area contributed by atoms with Crippen LogP contribution >= 0.6 is 15.9 Å². The standard InChI is InChI=1S/C11H10BrN3O3/c1-15-6-13-14-10(15)5-18-9-3-2-7(12)4-8(9)11(16)17/h2-4,6H,5H2,1H3,(H,16,17). The second-order valence-corrected chi connectivity index (χ2v) is 4.51. The van der Waals surface area contributed by atoms with Gasteiger partial charge >= 0.3 is 5.97 Å². The number of nitrogens with zero attached hydrogens (tertiary/aromatic N) is 3. The van der Waals surface area contributed by atoms with Crippen LogP contribution in [0, 0.1) is 0 Å². The second kappa shape index (κ2) is 5.18. The third kappa shape index (κ3) is 2.67. The van der Waals surface area contributed by atoms with Gasteiger partial charge in [0, 0.05) is 11.5 Å². The van der Waals surface area contributed by atoms with Crippen LogP contribution in [0.2, 0.25) is 0 Å². The van der Waals surface area contributed by atoms with Gasteiger partial charge in [0.2, 0.25) is 0 Å². The maximum atomic E-state index is 11.1. The van der Waals surface area contributed by atoms with Gasteiger partial charge in [0.1, 0.15) is 24.2 Å². The Morgan fingerprint density at radius 2 is 2.33 bits per heavy atom. The van der Waals surface area contributed by atoms with Gasteiger partial charge in [0.25, 0.3) is 0 Å². The molecule has 0 aliphatic rings. The predicted molar refractivity (Wildman–Crippen MR) is 66.4 cm³/mol. The minimum Gasteiger partial charge on any atom is -0.485 e. The summed E-state index contributed by atoms with van der Waals surface area (Å²) < 4.78 is 7.85. The third-order valence-electron chi connectivity index (χ3n) is 2.33. The molecule has 0 radical (unpaired) electrons. The van der Waals surface area contributed by atoms with E-state index in [2.05, 4.69) is 26.1 Å². The molecule has 0 saturated carbocycles. The summed E-state index contributed by atoms with van der Waals surface area (Å²) in [6, 6.07) is 4.82. The molecule has 0 unspecified atom stereocenters. The van der Waals surface area contributed by atoms with Crippen molar-refractivity contribution >= 4 is 21.9 Å². The van der Waals surface area contributed by atoms with Crippen LogP contribution in [-0.4, -0.2) is 25.8 Å². The van der Waals surface area contributed by atoms with E-state index < -0.39 is 5.97 Å². The van der Waals surface area contributed by atoms with Gasteiger partial charge in [0.15, 0.2) is 5.82 Å². The number of carboxylic acid groups (broad SMARTS) is 1. The van der Waals surface area contributed by atoms with Gasteiger partial charge in [-0.3, -0.25) is 0 Å². The Hall–Kier alpha value is -1.89. The number of ether oxygens (including phenoxy) is 1. The van der Waals surface area contributed by atoms with Gasteiger partial charge in [-0.1, -0.05) is 15.9 Å². The third-order valence-corrected chi connectivity index (χ3v) is 2.83. The summed E-state index contributed by atoms with van der Waals surface area (Å²) in [4.78, 5) is 11.1. The fourth-order valence-corrected chi connectivity index (χ4v) is 1.74. The van der Waals surface area contributed by atoms with Crippen LogP contribution < -0.4 is 4.74 Å². The zero-order chi connectivity index (χ0) is 13.1. The first-order valence-corrected chi connectivity index (χ1v) is 5.85. The summed E-state index contributed by atoms with van der Waals surface area (Å²) >= 11 is 3.22. The van der Waals surface area contributed by atoms with E-state index in [1.54, 1.807) is 30.1 Å². The van der Waals surface area contributed by atoms with Crippen molar-refractivity contribution in [2.75, 3.05) is 0 Å². The van der Waals surface area contributed by atoms with E-state index in [9.17, 15) is 4.79 Å². The van der Waals surface area contributed by atoms with Gasteiger partial charge in [0.05, 0.1) is 0 Å². The number of carbonyl (C=O) groups is 1. The van der Waals surface area contributed by atoms with Crippen LogP contribution in [-0.2, 0) is 13.7 Å². The maximum Gasteiger partial charge on any atom is 0.339 e. The molecule has 0 saturated heterocycles. The molecule has 2 aromatic rings. The molecule has 0 aliphatic heterocycles. The molecule has 0 bridgehead atoms. The number of aryl methyl sites for hydroxylation is 1. The molecular weight excluding hydrogens is 302 g/mol. The molecule has 7 heteroatoms. The van der Waals surface area contributed by atoms with Crippen molar-refractivity contribution in [3.8, 4) is 5.75 Å². The number of hydrogen-bond donors (Lipinski definition) is 1. The summed E-state index contributed by atoms with van der Waals surface area (Å²) in [7, 11) is 1.79. The first-order chi connectivity index (χ1) is 8.58. The molecular formula is C11H10BrN3O3. The smallest absolute Gasteiger partial charge is 0.339 e. The van der Waals surface area contributed by atoms with E-state index in [0.717, 1.165) is 0 Å². The van der Waals surface area contributed by atoms with Crippen LogP contribution in [0.3, 0.4) is 0 Å². The summed E-state index contributed by atoms with van der Waals surface area (Å²) in [6.07, 6.45) is 1.55. The van der Waals surface area contributed by atoms with Crippen molar-refractivity contribution < 1.29 is 14.6 Å². The first-order valence-electron chi connectivity index (χ1n) is 5.06. The van der Waals surface area contributed by atoms with E-state index in [-0.39, 0.29) is 12.2 Å². The molecule has 0 fully saturated rings. The van der Waals surface area contributed by atoms with Gasteiger partial charge < -0.3 is 14.4 Å². The lowest BCUT2D eigenvalue weighted by Crippen LogP contribution is -2.06. The highest BCUT2D eigenvalue weighted by molar-refractivity contribution is 9.10. The quantitative estimate of drug-likeness (QED) is 0.932. The number of aromatic carboxylic acids is 1. The Bertz CT molecular complexity index is 583. The topological polar surface area (TPSA) is 77.2 Å². The molecule has 0 spiro atoms. The van der Waals surface area contributed by atoms with Crippen LogP contribution in [0.4, 0.5) is 0 Å². The molecule has 1 N–H and O–H groups in total. The van der Waals surface area contributed by atoms with Crippen molar-refractivity contribution in [1.82, 2.24) is 14.8 Å². The SMILES string of the molecule is Cn1cnnc1COc1ccc(Br)cc1C(=O)O. The van der Waals surface area contributed by atoms with Crippen molar-refractivity contribution in [3.63, 3.8) is 0 Å². The summed E-state index contributed by atoms with van der Waals surface area (Å²) in [5.41, 5.74) is 0.103. The molecule has 1 aromatic carbocycles. The average Bonchev–Trinajstić information content (AvgIpc) is 2.73. The molecule has 0 aliphatic carbocycles. The van der Waals surface area contributed by atoms with Crippen LogP contribution in [0.5, 0.6) is 5.75 Å². The second-order valence-electron chi connectivity index (χ2n) is 3.59. The summed E-state index contributed by atoms with van der Waals surface area (Å²) in [5.74, 6) is -0.118. The molecule has 94 valence electrons. The lowest BCUT2D eigenvalue weighted by molar-refractivity contribution is 0.0691. The van der Waals surface area contributed by atoms with E-state index in [0.29, 0.717) is 16.0 Å². The molecule has 2 rings (SSSR count). The molecule has 1 aromatic heterocycles. The number of aromatic nitrogens is 3. The monoisotopic (exact) mass is 311 g/mol. The van der Waals surface area contributed by atoms with Gasteiger partial charge in [-0.05, 0) is 18.2 Å². The highest BCUT2D eigenvalue weighted by atomic mass is 79.9. The van der Waals surface area contributed by atoms with E-state index >= 15 is 0 Å². The highest BCUT2D eigenvalue weighted by Gasteiger charge is 2.12.